The summed E-state index contributed by atoms with van der Waals surface area (Å²) in [5.41, 5.74) is 1.00. The maximum Gasteiger partial charge on any atom is 0.345 e. The summed E-state index contributed by atoms with van der Waals surface area (Å²) in [5.74, 6) is -0.0892. The van der Waals surface area contributed by atoms with Gasteiger partial charge in [-0.25, -0.2) is 4.98 Å². The average molecular weight is 305 g/mol. The van der Waals surface area contributed by atoms with Gasteiger partial charge in [0.25, 0.3) is 0 Å². The van der Waals surface area contributed by atoms with E-state index >= 15 is 0 Å². The van der Waals surface area contributed by atoms with Crippen molar-refractivity contribution in [1.29, 1.82) is 0 Å². The molecule has 7 nitrogen and oxygen atoms in total. The molecule has 1 aromatic carbocycles. The average Bonchev–Trinajstić information content (AvgIpc) is 2.87. The van der Waals surface area contributed by atoms with Crippen LogP contribution in [0.1, 0.15) is 12.5 Å². The first-order chi connectivity index (χ1) is 9.97. The maximum atomic E-state index is 11.1. The number of hydrogen-bond acceptors (Lipinski definition) is 7. The lowest BCUT2D eigenvalue weighted by Gasteiger charge is -2.11. The Balaban J connectivity index is 2.19. The van der Waals surface area contributed by atoms with Gasteiger partial charge in [-0.1, -0.05) is 18.7 Å². The third kappa shape index (κ3) is 3.63. The SMILES string of the molecule is C=C(Nc1ncc([N+](=O)[O-])s1)c1ccccc1OC(C)=O. The zero-order valence-corrected chi connectivity index (χ0v) is 11.8. The first kappa shape index (κ1) is 14.7. The minimum Gasteiger partial charge on any atom is -0.426 e. The number of carbonyl (C=O) groups excluding carboxylic acids is 1. The third-order valence-corrected chi connectivity index (χ3v) is 3.26. The van der Waals surface area contributed by atoms with Crippen LogP contribution in [-0.4, -0.2) is 15.9 Å². The molecule has 0 amide bonds. The lowest BCUT2D eigenvalue weighted by molar-refractivity contribution is -0.380. The fourth-order valence-electron chi connectivity index (χ4n) is 1.56. The minimum absolute atomic E-state index is 0.0708. The second-order valence-corrected chi connectivity index (χ2v) is 4.96. The lowest BCUT2D eigenvalue weighted by atomic mass is 10.1. The zero-order chi connectivity index (χ0) is 15.4. The number of anilines is 1. The number of nitrogens with one attached hydrogen (secondary N) is 1. The van der Waals surface area contributed by atoms with Crippen LogP contribution in [0, 0.1) is 10.1 Å². The predicted octanol–water partition coefficient (Wildman–Crippen LogP) is 3.06. The molecule has 0 saturated heterocycles. The van der Waals surface area contributed by atoms with Gasteiger partial charge in [0, 0.05) is 18.2 Å². The Bertz CT molecular complexity index is 711. The monoisotopic (exact) mass is 305 g/mol. The molecular formula is C13H11N3O4S. The maximum absolute atomic E-state index is 11.1. The highest BCUT2D eigenvalue weighted by Gasteiger charge is 2.14. The molecule has 0 unspecified atom stereocenters. The van der Waals surface area contributed by atoms with Gasteiger partial charge in [0.05, 0.1) is 4.92 Å². The second kappa shape index (κ2) is 6.14. The standard InChI is InChI=1S/C13H11N3O4S/c1-8(15-13-14-7-12(21-13)16(18)19)10-5-3-4-6-11(10)20-9(2)17/h3-7H,1H2,2H3,(H,14,15). The number of rotatable bonds is 5. The number of esters is 1. The van der Waals surface area contributed by atoms with Crippen LogP contribution in [-0.2, 0) is 4.79 Å². The molecule has 8 heteroatoms. The van der Waals surface area contributed by atoms with Crippen molar-refractivity contribution in [2.75, 3.05) is 5.32 Å². The van der Waals surface area contributed by atoms with Crippen molar-refractivity contribution in [1.82, 2.24) is 4.98 Å². The Morgan fingerprint density at radius 1 is 1.48 bits per heavy atom. The Morgan fingerprint density at radius 3 is 2.81 bits per heavy atom. The van der Waals surface area contributed by atoms with Crippen molar-refractivity contribution in [3.05, 3.63) is 52.7 Å². The van der Waals surface area contributed by atoms with Crippen LogP contribution < -0.4 is 10.1 Å². The topological polar surface area (TPSA) is 94.4 Å². The molecule has 108 valence electrons. The van der Waals surface area contributed by atoms with E-state index in [4.69, 9.17) is 4.74 Å². The Labute approximate surface area is 124 Å². The van der Waals surface area contributed by atoms with Crippen molar-refractivity contribution in [2.45, 2.75) is 6.92 Å². The van der Waals surface area contributed by atoms with Crippen LogP contribution in [0.5, 0.6) is 5.75 Å². The molecule has 2 rings (SSSR count). The molecule has 0 atom stereocenters. The molecule has 21 heavy (non-hydrogen) atoms. The van der Waals surface area contributed by atoms with Crippen LogP contribution in [0.4, 0.5) is 10.1 Å². The highest BCUT2D eigenvalue weighted by atomic mass is 32.1. The molecule has 1 N–H and O–H groups in total. The van der Waals surface area contributed by atoms with Gasteiger partial charge in [0.1, 0.15) is 11.9 Å². The molecule has 0 fully saturated rings. The van der Waals surface area contributed by atoms with Gasteiger partial charge in [-0.15, -0.1) is 0 Å². The Morgan fingerprint density at radius 2 is 2.19 bits per heavy atom. The summed E-state index contributed by atoms with van der Waals surface area (Å²) >= 11 is 0.894. The van der Waals surface area contributed by atoms with Crippen molar-refractivity contribution >= 4 is 33.1 Å². The highest BCUT2D eigenvalue weighted by Crippen LogP contribution is 2.30. The number of thiazole rings is 1. The number of carbonyl (C=O) groups is 1. The van der Waals surface area contributed by atoms with Crippen molar-refractivity contribution < 1.29 is 14.5 Å². The fraction of sp³-hybridized carbons (Fsp3) is 0.0769. The summed E-state index contributed by atoms with van der Waals surface area (Å²) in [7, 11) is 0. The van der Waals surface area contributed by atoms with E-state index in [0.29, 0.717) is 22.1 Å². The van der Waals surface area contributed by atoms with Crippen LogP contribution in [0.25, 0.3) is 5.70 Å². The number of hydrogen-bond donors (Lipinski definition) is 1. The summed E-state index contributed by atoms with van der Waals surface area (Å²) in [4.78, 5) is 25.1. The summed E-state index contributed by atoms with van der Waals surface area (Å²) in [6.07, 6.45) is 1.16. The number of nitrogens with zero attached hydrogens (tertiary/aromatic N) is 2. The number of benzene rings is 1. The fourth-order valence-corrected chi connectivity index (χ4v) is 2.22. The second-order valence-electron chi connectivity index (χ2n) is 3.95. The summed E-state index contributed by atoms with van der Waals surface area (Å²) < 4.78 is 5.08. The molecule has 0 aliphatic carbocycles. The molecule has 0 aliphatic heterocycles. The largest absolute Gasteiger partial charge is 0.426 e. The van der Waals surface area contributed by atoms with Gasteiger partial charge in [0.15, 0.2) is 5.13 Å². The van der Waals surface area contributed by atoms with Crippen molar-refractivity contribution in [3.8, 4) is 5.75 Å². The predicted molar refractivity (Wildman–Crippen MR) is 79.2 cm³/mol. The van der Waals surface area contributed by atoms with E-state index in [-0.39, 0.29) is 5.00 Å². The molecule has 0 aliphatic rings. The van der Waals surface area contributed by atoms with Crippen LogP contribution in [0.3, 0.4) is 0 Å². The summed E-state index contributed by atoms with van der Waals surface area (Å²) in [6, 6.07) is 6.84. The minimum atomic E-state index is -0.515. The van der Waals surface area contributed by atoms with Crippen LogP contribution in [0.15, 0.2) is 37.0 Å². The molecule has 0 bridgehead atoms. The van der Waals surface area contributed by atoms with Gasteiger partial charge >= 0.3 is 11.0 Å². The van der Waals surface area contributed by atoms with Gasteiger partial charge in [-0.2, -0.15) is 0 Å². The first-order valence-electron chi connectivity index (χ1n) is 5.81. The van der Waals surface area contributed by atoms with Gasteiger partial charge < -0.3 is 10.1 Å². The van der Waals surface area contributed by atoms with E-state index in [2.05, 4.69) is 16.9 Å². The number of nitro groups is 1. The quantitative estimate of drug-likeness (QED) is 0.395. The van der Waals surface area contributed by atoms with E-state index < -0.39 is 10.9 Å². The molecular weight excluding hydrogens is 294 g/mol. The molecule has 0 spiro atoms. The third-order valence-electron chi connectivity index (χ3n) is 2.40. The summed E-state index contributed by atoms with van der Waals surface area (Å²) in [5, 5.41) is 13.7. The number of para-hydroxylation sites is 1. The smallest absolute Gasteiger partial charge is 0.345 e. The van der Waals surface area contributed by atoms with E-state index in [1.165, 1.54) is 6.92 Å². The van der Waals surface area contributed by atoms with Gasteiger partial charge in [-0.05, 0) is 23.5 Å². The normalized spacial score (nSPS) is 9.95. The van der Waals surface area contributed by atoms with Crippen molar-refractivity contribution in [3.63, 3.8) is 0 Å². The first-order valence-corrected chi connectivity index (χ1v) is 6.63. The highest BCUT2D eigenvalue weighted by molar-refractivity contribution is 7.18. The molecule has 2 aromatic rings. The Hall–Kier alpha value is -2.74. The molecule has 1 aromatic heterocycles. The summed E-state index contributed by atoms with van der Waals surface area (Å²) in [6.45, 7) is 5.14. The van der Waals surface area contributed by atoms with Crippen molar-refractivity contribution in [2.24, 2.45) is 0 Å². The van der Waals surface area contributed by atoms with Gasteiger partial charge in [0.2, 0.25) is 0 Å². The van der Waals surface area contributed by atoms with Crippen LogP contribution >= 0.6 is 11.3 Å². The molecule has 1 heterocycles. The van der Waals surface area contributed by atoms with E-state index in [9.17, 15) is 14.9 Å². The van der Waals surface area contributed by atoms with E-state index in [1.807, 2.05) is 0 Å². The Kier molecular flexibility index (Phi) is 4.29. The van der Waals surface area contributed by atoms with Crippen LogP contribution in [0.2, 0.25) is 0 Å². The molecule has 0 radical (unpaired) electrons. The molecule has 0 saturated carbocycles. The zero-order valence-electron chi connectivity index (χ0n) is 11.0. The van der Waals surface area contributed by atoms with E-state index in [0.717, 1.165) is 17.5 Å². The lowest BCUT2D eigenvalue weighted by Crippen LogP contribution is -2.05. The number of ether oxygens (including phenoxy) is 1. The number of aromatic nitrogens is 1. The van der Waals surface area contributed by atoms with E-state index in [1.54, 1.807) is 24.3 Å². The van der Waals surface area contributed by atoms with Gasteiger partial charge in [-0.3, -0.25) is 14.9 Å².